The Morgan fingerprint density at radius 2 is 2.33 bits per heavy atom. The van der Waals surface area contributed by atoms with Crippen LogP contribution in [-0.2, 0) is 17.8 Å². The van der Waals surface area contributed by atoms with Crippen molar-refractivity contribution in [3.05, 3.63) is 29.1 Å². The molecule has 98 valence electrons. The number of hydrogen-bond acceptors (Lipinski definition) is 4. The maximum atomic E-state index is 12.2. The molecule has 0 radical (unpaired) electrons. The van der Waals surface area contributed by atoms with Crippen LogP contribution in [0.3, 0.4) is 0 Å². The van der Waals surface area contributed by atoms with Crippen LogP contribution in [0, 0.1) is 0 Å². The molecule has 0 atom stereocenters. The molecule has 0 saturated carbocycles. The lowest BCUT2D eigenvalue weighted by molar-refractivity contribution is 0.0718. The second-order valence-corrected chi connectivity index (χ2v) is 4.34. The van der Waals surface area contributed by atoms with Gasteiger partial charge in [0.2, 0.25) is 0 Å². The van der Waals surface area contributed by atoms with E-state index in [-0.39, 0.29) is 12.5 Å². The molecule has 0 bridgehead atoms. The molecule has 1 aromatic rings. The van der Waals surface area contributed by atoms with Gasteiger partial charge in [-0.2, -0.15) is 0 Å². The summed E-state index contributed by atoms with van der Waals surface area (Å²) < 4.78 is 4.99. The van der Waals surface area contributed by atoms with E-state index < -0.39 is 0 Å². The number of aromatic nitrogens is 1. The van der Waals surface area contributed by atoms with Gasteiger partial charge in [-0.25, -0.2) is 0 Å². The average Bonchev–Trinajstić information content (AvgIpc) is 2.41. The fourth-order valence-electron chi connectivity index (χ4n) is 2.15. The number of hydrogen-bond donors (Lipinski definition) is 1. The van der Waals surface area contributed by atoms with Gasteiger partial charge in [-0.3, -0.25) is 9.78 Å². The van der Waals surface area contributed by atoms with Crippen LogP contribution in [0.1, 0.15) is 28.2 Å². The topological polar surface area (TPSA) is 62.7 Å². The summed E-state index contributed by atoms with van der Waals surface area (Å²) in [6.45, 7) is 1.99. The second-order valence-electron chi connectivity index (χ2n) is 4.34. The van der Waals surface area contributed by atoms with Gasteiger partial charge in [0.05, 0.1) is 23.6 Å². The van der Waals surface area contributed by atoms with Gasteiger partial charge in [-0.15, -0.1) is 0 Å². The van der Waals surface area contributed by atoms with Crippen molar-refractivity contribution in [3.63, 3.8) is 0 Å². The predicted molar refractivity (Wildman–Crippen MR) is 66.3 cm³/mol. The Kier molecular flexibility index (Phi) is 4.28. The van der Waals surface area contributed by atoms with Crippen molar-refractivity contribution in [1.29, 1.82) is 0 Å². The van der Waals surface area contributed by atoms with Crippen molar-refractivity contribution in [2.75, 3.05) is 26.8 Å². The van der Waals surface area contributed by atoms with Crippen molar-refractivity contribution >= 4 is 5.91 Å². The van der Waals surface area contributed by atoms with Crippen LogP contribution < -0.4 is 0 Å². The molecule has 0 fully saturated rings. The largest absolute Gasteiger partial charge is 0.390 e. The van der Waals surface area contributed by atoms with Gasteiger partial charge in [0.25, 0.3) is 5.91 Å². The van der Waals surface area contributed by atoms with Gasteiger partial charge in [0.15, 0.2) is 0 Å². The normalized spacial score (nSPS) is 14.8. The highest BCUT2D eigenvalue weighted by atomic mass is 16.5. The molecular weight excluding hydrogens is 232 g/mol. The Morgan fingerprint density at radius 1 is 1.50 bits per heavy atom. The molecule has 2 rings (SSSR count). The summed E-state index contributed by atoms with van der Waals surface area (Å²) in [6, 6.07) is 3.47. The predicted octanol–water partition coefficient (Wildman–Crippen LogP) is 0.609. The Labute approximate surface area is 106 Å². The molecular formula is C13H18N2O3. The SMILES string of the molecule is COCCCN1CCc2nc(CO)ccc2C1=O. The lowest BCUT2D eigenvalue weighted by Gasteiger charge is -2.28. The average molecular weight is 250 g/mol. The molecule has 0 aliphatic carbocycles. The van der Waals surface area contributed by atoms with Crippen LogP contribution >= 0.6 is 0 Å². The van der Waals surface area contributed by atoms with Crippen molar-refractivity contribution in [2.24, 2.45) is 0 Å². The molecule has 5 nitrogen and oxygen atoms in total. The second kappa shape index (κ2) is 5.93. The molecule has 0 spiro atoms. The molecule has 0 unspecified atom stereocenters. The van der Waals surface area contributed by atoms with Crippen molar-refractivity contribution < 1.29 is 14.6 Å². The van der Waals surface area contributed by atoms with Crippen LogP contribution in [0.25, 0.3) is 0 Å². The molecule has 1 aliphatic heterocycles. The minimum absolute atomic E-state index is 0.0318. The summed E-state index contributed by atoms with van der Waals surface area (Å²) in [7, 11) is 1.66. The number of fused-ring (bicyclic) bond motifs is 1. The summed E-state index contributed by atoms with van der Waals surface area (Å²) in [5.74, 6) is 0.0318. The molecule has 18 heavy (non-hydrogen) atoms. The van der Waals surface area contributed by atoms with Gasteiger partial charge in [0, 0.05) is 33.2 Å². The lowest BCUT2D eigenvalue weighted by Crippen LogP contribution is -2.39. The molecule has 1 aromatic heterocycles. The maximum absolute atomic E-state index is 12.2. The van der Waals surface area contributed by atoms with Crippen LogP contribution in [0.15, 0.2) is 12.1 Å². The van der Waals surface area contributed by atoms with Gasteiger partial charge in [0.1, 0.15) is 0 Å². The molecule has 1 amide bonds. The number of carbonyl (C=O) groups is 1. The minimum Gasteiger partial charge on any atom is -0.390 e. The number of amides is 1. The third-order valence-corrected chi connectivity index (χ3v) is 3.11. The highest BCUT2D eigenvalue weighted by Gasteiger charge is 2.24. The number of aliphatic hydroxyl groups excluding tert-OH is 1. The van der Waals surface area contributed by atoms with E-state index in [4.69, 9.17) is 9.84 Å². The zero-order chi connectivity index (χ0) is 13.0. The standard InChI is InChI=1S/C13H18N2O3/c1-18-8-2-6-15-7-5-12-11(13(15)17)4-3-10(9-16)14-12/h3-4,16H,2,5-9H2,1H3. The van der Waals surface area contributed by atoms with Crippen LogP contribution in [0.5, 0.6) is 0 Å². The molecule has 1 aliphatic rings. The summed E-state index contributed by atoms with van der Waals surface area (Å²) in [6.07, 6.45) is 1.60. The lowest BCUT2D eigenvalue weighted by atomic mass is 10.0. The van der Waals surface area contributed by atoms with E-state index in [0.717, 1.165) is 18.5 Å². The Bertz CT molecular complexity index is 434. The minimum atomic E-state index is -0.0843. The van der Waals surface area contributed by atoms with Crippen LogP contribution in [-0.4, -0.2) is 47.7 Å². The molecule has 5 heteroatoms. The number of rotatable bonds is 5. The number of aliphatic hydroxyl groups is 1. The first-order chi connectivity index (χ1) is 8.76. The number of nitrogens with zero attached hydrogens (tertiary/aromatic N) is 2. The zero-order valence-corrected chi connectivity index (χ0v) is 10.6. The third kappa shape index (κ3) is 2.68. The van der Waals surface area contributed by atoms with E-state index in [1.54, 1.807) is 19.2 Å². The summed E-state index contributed by atoms with van der Waals surface area (Å²) >= 11 is 0. The van der Waals surface area contributed by atoms with Crippen molar-refractivity contribution in [3.8, 4) is 0 Å². The quantitative estimate of drug-likeness (QED) is 0.778. The van der Waals surface area contributed by atoms with Crippen LogP contribution in [0.4, 0.5) is 0 Å². The maximum Gasteiger partial charge on any atom is 0.255 e. The Hall–Kier alpha value is -1.46. The van der Waals surface area contributed by atoms with E-state index in [2.05, 4.69) is 4.98 Å². The first-order valence-corrected chi connectivity index (χ1v) is 6.14. The number of pyridine rings is 1. The Morgan fingerprint density at radius 3 is 3.06 bits per heavy atom. The molecule has 0 aromatic carbocycles. The smallest absolute Gasteiger partial charge is 0.255 e. The monoisotopic (exact) mass is 250 g/mol. The van der Waals surface area contributed by atoms with Crippen molar-refractivity contribution in [2.45, 2.75) is 19.4 Å². The zero-order valence-electron chi connectivity index (χ0n) is 10.6. The highest BCUT2D eigenvalue weighted by molar-refractivity contribution is 5.96. The third-order valence-electron chi connectivity index (χ3n) is 3.11. The van der Waals surface area contributed by atoms with Gasteiger partial charge in [-0.05, 0) is 18.6 Å². The molecule has 1 N–H and O–H groups in total. The van der Waals surface area contributed by atoms with E-state index >= 15 is 0 Å². The first kappa shape index (κ1) is 13.0. The van der Waals surface area contributed by atoms with Gasteiger partial charge >= 0.3 is 0 Å². The summed E-state index contributed by atoms with van der Waals surface area (Å²) in [5.41, 5.74) is 2.08. The van der Waals surface area contributed by atoms with E-state index in [1.807, 2.05) is 4.90 Å². The van der Waals surface area contributed by atoms with Gasteiger partial charge in [-0.1, -0.05) is 0 Å². The number of carbonyl (C=O) groups excluding carboxylic acids is 1. The summed E-state index contributed by atoms with van der Waals surface area (Å²) in [5, 5.41) is 9.03. The van der Waals surface area contributed by atoms with Gasteiger partial charge < -0.3 is 14.7 Å². The summed E-state index contributed by atoms with van der Waals surface area (Å²) in [4.78, 5) is 18.3. The highest BCUT2D eigenvalue weighted by Crippen LogP contribution is 2.18. The number of ether oxygens (including phenoxy) is 1. The molecule has 2 heterocycles. The number of methoxy groups -OCH3 is 1. The van der Waals surface area contributed by atoms with Crippen molar-refractivity contribution in [1.82, 2.24) is 9.88 Å². The first-order valence-electron chi connectivity index (χ1n) is 6.14. The fourth-order valence-corrected chi connectivity index (χ4v) is 2.15. The Balaban J connectivity index is 2.08. The fraction of sp³-hybridized carbons (Fsp3) is 0.538. The van der Waals surface area contributed by atoms with E-state index in [1.165, 1.54) is 0 Å². The van der Waals surface area contributed by atoms with E-state index in [9.17, 15) is 4.79 Å². The molecule has 0 saturated heterocycles. The van der Waals surface area contributed by atoms with Crippen LogP contribution in [0.2, 0.25) is 0 Å². The van der Waals surface area contributed by atoms with E-state index in [0.29, 0.717) is 31.0 Å².